The summed E-state index contributed by atoms with van der Waals surface area (Å²) in [4.78, 5) is 24.9. The Morgan fingerprint density at radius 2 is 1.86 bits per heavy atom. The molecule has 28 heavy (non-hydrogen) atoms. The van der Waals surface area contributed by atoms with Crippen LogP contribution in [0, 0.1) is 6.92 Å². The number of aryl methyl sites for hydroxylation is 1. The summed E-state index contributed by atoms with van der Waals surface area (Å²) in [6.07, 6.45) is 6.01. The van der Waals surface area contributed by atoms with Crippen LogP contribution in [0.1, 0.15) is 53.6 Å². The molecule has 1 aliphatic carbocycles. The van der Waals surface area contributed by atoms with Gasteiger partial charge < -0.3 is 15.4 Å². The van der Waals surface area contributed by atoms with Gasteiger partial charge in [-0.15, -0.1) is 0 Å². The van der Waals surface area contributed by atoms with Crippen molar-refractivity contribution in [1.29, 1.82) is 0 Å². The number of benzene rings is 2. The molecule has 0 atom stereocenters. The Morgan fingerprint density at radius 3 is 2.57 bits per heavy atom. The Hall–Kier alpha value is -2.82. The number of hydrogen-bond acceptors (Lipinski definition) is 3. The fraction of sp³-hybridized carbons (Fsp3) is 0.391. The lowest BCUT2D eigenvalue weighted by molar-refractivity contribution is -0.115. The van der Waals surface area contributed by atoms with E-state index in [4.69, 9.17) is 4.74 Å². The highest BCUT2D eigenvalue weighted by molar-refractivity contribution is 5.97. The van der Waals surface area contributed by atoms with Crippen molar-refractivity contribution in [3.05, 3.63) is 59.2 Å². The van der Waals surface area contributed by atoms with Gasteiger partial charge in [0.1, 0.15) is 5.75 Å². The first-order valence-corrected chi connectivity index (χ1v) is 9.89. The minimum Gasteiger partial charge on any atom is -0.497 e. The lowest BCUT2D eigenvalue weighted by atomic mass is 9.95. The van der Waals surface area contributed by atoms with E-state index in [9.17, 15) is 9.59 Å². The molecule has 2 N–H and O–H groups in total. The lowest BCUT2D eigenvalue weighted by Gasteiger charge is -2.23. The number of ether oxygens (including phenoxy) is 1. The Bertz CT molecular complexity index is 841. The van der Waals surface area contributed by atoms with E-state index in [0.29, 0.717) is 5.56 Å². The number of amides is 2. The van der Waals surface area contributed by atoms with E-state index in [-0.39, 0.29) is 24.3 Å². The van der Waals surface area contributed by atoms with Gasteiger partial charge in [-0.3, -0.25) is 9.59 Å². The van der Waals surface area contributed by atoms with Gasteiger partial charge in [-0.1, -0.05) is 31.4 Å². The monoisotopic (exact) mass is 380 g/mol. The highest BCUT2D eigenvalue weighted by atomic mass is 16.5. The summed E-state index contributed by atoms with van der Waals surface area (Å²) in [7, 11) is 1.61. The highest BCUT2D eigenvalue weighted by Gasteiger charge is 2.17. The molecular weight excluding hydrogens is 352 g/mol. The highest BCUT2D eigenvalue weighted by Crippen LogP contribution is 2.20. The van der Waals surface area contributed by atoms with Gasteiger partial charge in [-0.25, -0.2) is 0 Å². The number of methoxy groups -OCH3 is 1. The molecule has 0 unspecified atom stereocenters. The van der Waals surface area contributed by atoms with Crippen molar-refractivity contribution < 1.29 is 14.3 Å². The predicted octanol–water partition coefficient (Wildman–Crippen LogP) is 4.25. The number of hydrogen-bond donors (Lipinski definition) is 2. The van der Waals surface area contributed by atoms with Crippen LogP contribution >= 0.6 is 0 Å². The number of carbonyl (C=O) groups is 2. The van der Waals surface area contributed by atoms with E-state index < -0.39 is 0 Å². The smallest absolute Gasteiger partial charge is 0.251 e. The minimum absolute atomic E-state index is 0.0377. The van der Waals surface area contributed by atoms with E-state index in [1.165, 1.54) is 19.3 Å². The van der Waals surface area contributed by atoms with Gasteiger partial charge in [0.2, 0.25) is 5.91 Å². The van der Waals surface area contributed by atoms with Gasteiger partial charge in [-0.05, 0) is 61.2 Å². The molecule has 0 bridgehead atoms. The van der Waals surface area contributed by atoms with Gasteiger partial charge in [0, 0.05) is 17.3 Å². The van der Waals surface area contributed by atoms with Crippen molar-refractivity contribution >= 4 is 17.5 Å². The van der Waals surface area contributed by atoms with E-state index in [1.807, 2.05) is 37.3 Å². The summed E-state index contributed by atoms with van der Waals surface area (Å²) in [5.41, 5.74) is 3.12. The van der Waals surface area contributed by atoms with Crippen molar-refractivity contribution in [1.82, 2.24) is 5.32 Å². The zero-order valence-corrected chi connectivity index (χ0v) is 16.6. The molecule has 5 heteroatoms. The molecule has 0 heterocycles. The van der Waals surface area contributed by atoms with Gasteiger partial charge >= 0.3 is 0 Å². The average molecular weight is 380 g/mol. The normalized spacial score (nSPS) is 14.4. The van der Waals surface area contributed by atoms with Crippen molar-refractivity contribution in [3.8, 4) is 5.75 Å². The Labute approximate surface area is 166 Å². The standard InChI is InChI=1S/C23H28N2O3/c1-16-13-18(23(27)24-19-8-4-3-5-9-19)11-12-21(16)25-22(26)15-17-7-6-10-20(14-17)28-2/h6-7,10-14,19H,3-5,8-9,15H2,1-2H3,(H,24,27)(H,25,26). The third-order valence-corrected chi connectivity index (χ3v) is 5.20. The molecule has 0 aromatic heterocycles. The number of nitrogens with one attached hydrogen (secondary N) is 2. The molecular formula is C23H28N2O3. The maximum absolute atomic E-state index is 12.5. The largest absolute Gasteiger partial charge is 0.497 e. The third-order valence-electron chi connectivity index (χ3n) is 5.20. The van der Waals surface area contributed by atoms with Crippen LogP contribution < -0.4 is 15.4 Å². The van der Waals surface area contributed by atoms with Crippen LogP contribution in [0.4, 0.5) is 5.69 Å². The van der Waals surface area contributed by atoms with Crippen LogP contribution in [0.5, 0.6) is 5.75 Å². The van der Waals surface area contributed by atoms with Crippen molar-refractivity contribution in [2.45, 2.75) is 51.5 Å². The SMILES string of the molecule is COc1cccc(CC(=O)Nc2ccc(C(=O)NC3CCCCC3)cc2C)c1. The first-order chi connectivity index (χ1) is 13.5. The minimum atomic E-state index is -0.101. The summed E-state index contributed by atoms with van der Waals surface area (Å²) < 4.78 is 5.19. The van der Waals surface area contributed by atoms with Crippen LogP contribution in [0.25, 0.3) is 0 Å². The van der Waals surface area contributed by atoms with Crippen LogP contribution in [0.2, 0.25) is 0 Å². The van der Waals surface area contributed by atoms with E-state index >= 15 is 0 Å². The second kappa shape index (κ2) is 9.40. The molecule has 0 aliphatic heterocycles. The van der Waals surface area contributed by atoms with E-state index in [2.05, 4.69) is 10.6 Å². The van der Waals surface area contributed by atoms with Crippen LogP contribution in [-0.4, -0.2) is 25.0 Å². The zero-order valence-electron chi connectivity index (χ0n) is 16.6. The Balaban J connectivity index is 1.60. The molecule has 1 saturated carbocycles. The number of anilines is 1. The Morgan fingerprint density at radius 1 is 1.07 bits per heavy atom. The lowest BCUT2D eigenvalue weighted by Crippen LogP contribution is -2.36. The second-order valence-electron chi connectivity index (χ2n) is 7.41. The summed E-state index contributed by atoms with van der Waals surface area (Å²) in [6.45, 7) is 1.90. The summed E-state index contributed by atoms with van der Waals surface area (Å²) in [5, 5.41) is 6.06. The van der Waals surface area contributed by atoms with Crippen LogP contribution in [0.3, 0.4) is 0 Å². The molecule has 2 aromatic rings. The van der Waals surface area contributed by atoms with Gasteiger partial charge in [-0.2, -0.15) is 0 Å². The van der Waals surface area contributed by atoms with Gasteiger partial charge in [0.15, 0.2) is 0 Å². The molecule has 3 rings (SSSR count). The topological polar surface area (TPSA) is 67.4 Å². The van der Waals surface area contributed by atoms with Crippen LogP contribution in [-0.2, 0) is 11.2 Å². The average Bonchev–Trinajstić information content (AvgIpc) is 2.70. The molecule has 5 nitrogen and oxygen atoms in total. The first-order valence-electron chi connectivity index (χ1n) is 9.89. The third kappa shape index (κ3) is 5.35. The maximum atomic E-state index is 12.5. The van der Waals surface area contributed by atoms with Crippen molar-refractivity contribution in [2.75, 3.05) is 12.4 Å². The summed E-state index contributed by atoms with van der Waals surface area (Å²) in [6, 6.07) is 13.2. The summed E-state index contributed by atoms with van der Waals surface area (Å²) in [5.74, 6) is 0.592. The molecule has 2 aromatic carbocycles. The fourth-order valence-electron chi connectivity index (χ4n) is 3.62. The predicted molar refractivity (Wildman–Crippen MR) is 111 cm³/mol. The maximum Gasteiger partial charge on any atom is 0.251 e. The molecule has 1 aliphatic rings. The molecule has 0 radical (unpaired) electrons. The molecule has 0 saturated heterocycles. The van der Waals surface area contributed by atoms with Gasteiger partial charge in [0.05, 0.1) is 13.5 Å². The quantitative estimate of drug-likeness (QED) is 0.787. The summed E-state index contributed by atoms with van der Waals surface area (Å²) >= 11 is 0. The zero-order chi connectivity index (χ0) is 19.9. The first kappa shape index (κ1) is 19.9. The van der Waals surface area contributed by atoms with Crippen molar-refractivity contribution in [3.63, 3.8) is 0 Å². The van der Waals surface area contributed by atoms with Crippen LogP contribution in [0.15, 0.2) is 42.5 Å². The molecule has 0 spiro atoms. The van der Waals surface area contributed by atoms with Gasteiger partial charge in [0.25, 0.3) is 5.91 Å². The molecule has 2 amide bonds. The van der Waals surface area contributed by atoms with Crippen molar-refractivity contribution in [2.24, 2.45) is 0 Å². The second-order valence-corrected chi connectivity index (χ2v) is 7.41. The number of rotatable bonds is 6. The van der Waals surface area contributed by atoms with E-state index in [1.54, 1.807) is 19.2 Å². The number of carbonyl (C=O) groups excluding carboxylic acids is 2. The molecule has 1 fully saturated rings. The molecule has 148 valence electrons. The van der Waals surface area contributed by atoms with E-state index in [0.717, 1.165) is 35.4 Å². The Kier molecular flexibility index (Phi) is 6.69. The fourth-order valence-corrected chi connectivity index (χ4v) is 3.62.